The van der Waals surface area contributed by atoms with Crippen LogP contribution in [0.4, 0.5) is 13.2 Å². The van der Waals surface area contributed by atoms with Gasteiger partial charge in [0, 0.05) is 115 Å². The van der Waals surface area contributed by atoms with Crippen molar-refractivity contribution in [2.45, 2.75) is 153 Å². The van der Waals surface area contributed by atoms with E-state index < -0.39 is 18.2 Å². The number of ketones is 4. The van der Waals surface area contributed by atoms with Crippen molar-refractivity contribution in [1.29, 1.82) is 0 Å². The maximum Gasteiger partial charge on any atom is 0.411 e. The molecule has 23 nitrogen and oxygen atoms in total. The molecule has 1 fully saturated rings. The number of hydrogen-bond acceptors (Lipinski definition) is 18. The Morgan fingerprint density at radius 2 is 0.739 bits per heavy atom. The standard InChI is InChI=1S/C26H33ClN2O5.C22H23ClF3NO5.C22H24ClNO4.C19H20ClNO4/c1-6-28(7-2)26(32)9-8-10-33-25-13-24-18(11-20(25)27)21-12-23(31)19(17(5)30)14-29(21)22(15-34-24)16(3)4;1-12(2)18-10-32-20-8-21(31-5-4-30-11-22(24,25)26)16(23)6-14(20)17-7-19(29)15(13(3)28)9-27(17)18;1-12(2)19-11-28-21-8-22(27-10-14-4-5-14)17(23)6-15(21)18-7-20(26)16(13(3)25)9-24(18)19;1-10(2)16-9-25-18-7-19(24-4)14(20)5-12(18)15-6-17(23)13(11(3)22)8-21(15)16/h11-14,16,22H,6-10,15H2,1-5H3;6-9,12,18H,4-5,10-11H2,1-3H3;6-9,12,14,19H,4-5,10-11H2,1-3H3;5-8,10,16H,9H2,1-4H3. The number of rotatable bonds is 24. The molecule has 4 unspecified atom stereocenters. The Labute approximate surface area is 708 Å². The molecule has 0 spiro atoms. The van der Waals surface area contributed by atoms with E-state index in [1.165, 1.54) is 70.9 Å². The zero-order chi connectivity index (χ0) is 86.9. The van der Waals surface area contributed by atoms with Gasteiger partial charge in [-0.2, -0.15) is 13.2 Å². The third-order valence-corrected chi connectivity index (χ3v) is 22.5. The first-order valence-electron chi connectivity index (χ1n) is 39.6. The largest absolute Gasteiger partial charge is 0.495 e. The molecule has 8 heterocycles. The molecule has 5 aliphatic rings. The van der Waals surface area contributed by atoms with Crippen LogP contribution in [0.3, 0.4) is 0 Å². The van der Waals surface area contributed by atoms with Gasteiger partial charge in [-0.05, 0) is 115 Å². The highest BCUT2D eigenvalue weighted by molar-refractivity contribution is 6.33. The molecule has 0 saturated heterocycles. The van der Waals surface area contributed by atoms with Crippen LogP contribution in [0.2, 0.25) is 20.1 Å². The molecule has 0 radical (unpaired) electrons. The number of Topliss-reactive ketones (excluding diaryl/α,β-unsaturated/α-hetero) is 4. The Morgan fingerprint density at radius 1 is 0.445 bits per heavy atom. The number of carbonyl (C=O) groups is 5. The first-order valence-corrected chi connectivity index (χ1v) is 41.1. The van der Waals surface area contributed by atoms with Gasteiger partial charge in [0.05, 0.1) is 116 Å². The van der Waals surface area contributed by atoms with Gasteiger partial charge in [0.15, 0.2) is 44.8 Å². The first-order chi connectivity index (χ1) is 56.3. The SMILES string of the molecule is CC(=O)c1cn2c(cc1=O)-c1cc(Cl)c(OCC3CC3)cc1OCC2C(C)C.CC(=O)c1cn2c(cc1=O)-c1cc(Cl)c(OCCOCC(F)(F)F)cc1OCC2C(C)C.CCN(CC)C(=O)CCCOc1cc2c(cc1Cl)-c1cc(=O)c(C(C)=O)cn1C(C(C)C)CO2.COc1cc2c(cc1Cl)-c1cc(=O)c(C(C)=O)cn1C(C(C)C)CO2. The van der Waals surface area contributed by atoms with Gasteiger partial charge >= 0.3 is 6.18 Å². The van der Waals surface area contributed by atoms with Gasteiger partial charge in [-0.3, -0.25) is 43.2 Å². The Balaban J connectivity index is 0.000000168. The third-order valence-electron chi connectivity index (χ3n) is 21.3. The number of ether oxygens (including phenoxy) is 9. The number of benzene rings is 4. The number of fused-ring (bicyclic) bond motifs is 12. The predicted octanol–water partition coefficient (Wildman–Crippen LogP) is 18.6. The molecule has 13 rings (SSSR count). The van der Waals surface area contributed by atoms with Crippen LogP contribution < -0.4 is 59.6 Å². The molecule has 0 bridgehead atoms. The number of halogens is 7. The summed E-state index contributed by atoms with van der Waals surface area (Å²) >= 11 is 25.6. The summed E-state index contributed by atoms with van der Waals surface area (Å²) in [4.78, 5) is 112. The van der Waals surface area contributed by atoms with Gasteiger partial charge < -0.3 is 65.8 Å². The molecule has 1 amide bonds. The van der Waals surface area contributed by atoms with E-state index in [2.05, 4.69) is 46.3 Å². The summed E-state index contributed by atoms with van der Waals surface area (Å²) in [7, 11) is 1.54. The van der Waals surface area contributed by atoms with Gasteiger partial charge in [-0.25, -0.2) is 0 Å². The number of aromatic nitrogens is 4. The lowest BCUT2D eigenvalue weighted by Crippen LogP contribution is -2.30. The Kier molecular flexibility index (Phi) is 30.4. The van der Waals surface area contributed by atoms with Crippen molar-refractivity contribution < 1.29 is 79.8 Å². The van der Waals surface area contributed by atoms with Gasteiger partial charge in [-0.1, -0.05) is 102 Å². The monoisotopic (exact) mass is 1720 g/mol. The van der Waals surface area contributed by atoms with Crippen LogP contribution in [0.5, 0.6) is 46.0 Å². The molecular formula is C89H100Cl4F3N5O18. The summed E-state index contributed by atoms with van der Waals surface area (Å²) < 4.78 is 95.5. The van der Waals surface area contributed by atoms with Crippen molar-refractivity contribution in [2.24, 2.45) is 29.6 Å². The maximum absolute atomic E-state index is 12.6. The van der Waals surface area contributed by atoms with E-state index in [1.807, 2.05) is 52.0 Å². The summed E-state index contributed by atoms with van der Waals surface area (Å²) in [5.74, 6) is 4.47. The number of amides is 1. The van der Waals surface area contributed by atoms with Crippen molar-refractivity contribution in [1.82, 2.24) is 23.2 Å². The summed E-state index contributed by atoms with van der Waals surface area (Å²) in [6, 6.07) is 19.3. The molecule has 1 saturated carbocycles. The second-order valence-electron chi connectivity index (χ2n) is 31.2. The molecule has 119 heavy (non-hydrogen) atoms. The van der Waals surface area contributed by atoms with Crippen LogP contribution in [0, 0.1) is 29.6 Å². The van der Waals surface area contributed by atoms with Gasteiger partial charge in [0.25, 0.3) is 0 Å². The fourth-order valence-corrected chi connectivity index (χ4v) is 15.1. The van der Waals surface area contributed by atoms with E-state index in [1.54, 1.807) is 73.2 Å². The third kappa shape index (κ3) is 21.8. The molecule has 4 atom stereocenters. The minimum absolute atomic E-state index is 0.0179. The Morgan fingerprint density at radius 3 is 1.02 bits per heavy atom. The van der Waals surface area contributed by atoms with Crippen LogP contribution >= 0.6 is 46.4 Å². The molecule has 4 aliphatic heterocycles. The lowest BCUT2D eigenvalue weighted by Gasteiger charge is -2.24. The molecule has 30 heteroatoms. The van der Waals surface area contributed by atoms with Crippen molar-refractivity contribution in [3.63, 3.8) is 0 Å². The zero-order valence-electron chi connectivity index (χ0n) is 69.3. The normalized spacial score (nSPS) is 15.9. The van der Waals surface area contributed by atoms with E-state index in [4.69, 9.17) is 84.3 Å². The molecule has 0 N–H and O–H groups in total. The van der Waals surface area contributed by atoms with Crippen LogP contribution in [0.15, 0.2) is 117 Å². The number of carbonyl (C=O) groups excluding carboxylic acids is 5. The van der Waals surface area contributed by atoms with Crippen molar-refractivity contribution in [3.8, 4) is 91.0 Å². The Bertz CT molecular complexity index is 5390. The molecular weight excluding hydrogens is 1630 g/mol. The fourth-order valence-electron chi connectivity index (χ4n) is 14.2. The maximum atomic E-state index is 12.6. The summed E-state index contributed by atoms with van der Waals surface area (Å²) in [6.07, 6.45) is 5.46. The minimum Gasteiger partial charge on any atom is -0.495 e. The van der Waals surface area contributed by atoms with E-state index in [9.17, 15) is 56.3 Å². The van der Waals surface area contributed by atoms with Gasteiger partial charge in [-0.15, -0.1) is 0 Å². The fraction of sp³-hybridized carbons (Fsp3) is 0.449. The van der Waals surface area contributed by atoms with Gasteiger partial charge in [0.1, 0.15) is 85.6 Å². The van der Waals surface area contributed by atoms with E-state index >= 15 is 0 Å². The smallest absolute Gasteiger partial charge is 0.411 e. The van der Waals surface area contributed by atoms with E-state index in [-0.39, 0.29) is 146 Å². The predicted molar refractivity (Wildman–Crippen MR) is 452 cm³/mol. The van der Waals surface area contributed by atoms with Crippen LogP contribution in [0.1, 0.15) is 188 Å². The lowest BCUT2D eigenvalue weighted by molar-refractivity contribution is -0.175. The first kappa shape index (κ1) is 91.4. The van der Waals surface area contributed by atoms with Crippen molar-refractivity contribution in [3.05, 3.63) is 181 Å². The van der Waals surface area contributed by atoms with Gasteiger partial charge in [0.2, 0.25) is 5.91 Å². The summed E-state index contributed by atoms with van der Waals surface area (Å²) in [5, 5.41) is 1.50. The molecule has 638 valence electrons. The highest BCUT2D eigenvalue weighted by Crippen LogP contribution is 2.48. The number of alkyl halides is 3. The number of pyridine rings is 4. The second-order valence-corrected chi connectivity index (χ2v) is 32.8. The molecule has 4 aromatic carbocycles. The highest BCUT2D eigenvalue weighted by Gasteiger charge is 2.35. The molecule has 8 aromatic rings. The van der Waals surface area contributed by atoms with E-state index in [0.29, 0.717) is 160 Å². The zero-order valence-corrected chi connectivity index (χ0v) is 72.3. The Hall–Kier alpha value is -9.86. The average Bonchev–Trinajstić information content (AvgIpc) is 1.72. The minimum atomic E-state index is -4.41. The van der Waals surface area contributed by atoms with Crippen LogP contribution in [-0.2, 0) is 9.53 Å². The number of methoxy groups -OCH3 is 1. The lowest BCUT2D eigenvalue weighted by atomic mass is 10.0. The quantitative estimate of drug-likeness (QED) is 0.0402. The summed E-state index contributed by atoms with van der Waals surface area (Å²) in [6.45, 7) is 28.1. The number of nitrogens with zero attached hydrogens (tertiary/aromatic N) is 5. The topological polar surface area (TPSA) is 260 Å². The van der Waals surface area contributed by atoms with Crippen LogP contribution in [-0.4, -0.2) is 138 Å². The molecule has 1 aliphatic carbocycles. The van der Waals surface area contributed by atoms with E-state index in [0.717, 1.165) is 5.56 Å². The highest BCUT2D eigenvalue weighted by atomic mass is 35.5. The number of hydrogen-bond donors (Lipinski definition) is 0. The van der Waals surface area contributed by atoms with Crippen molar-refractivity contribution in [2.75, 3.05) is 79.7 Å². The second kappa shape index (κ2) is 39.6. The van der Waals surface area contributed by atoms with Crippen molar-refractivity contribution >= 4 is 75.4 Å². The average molecular weight is 1730 g/mol. The summed E-state index contributed by atoms with van der Waals surface area (Å²) in [5.41, 5.74) is 4.54. The van der Waals surface area contributed by atoms with Crippen LogP contribution in [0.25, 0.3) is 45.0 Å². The molecule has 4 aromatic heterocycles.